The van der Waals surface area contributed by atoms with Gasteiger partial charge in [0, 0.05) is 11.1 Å². The quantitative estimate of drug-likeness (QED) is 0.746. The second kappa shape index (κ2) is 4.14. The Balaban J connectivity index is 2.34. The van der Waals surface area contributed by atoms with E-state index in [0.717, 1.165) is 28.9 Å². The Morgan fingerprint density at radius 1 is 1.17 bits per heavy atom. The lowest BCUT2D eigenvalue weighted by molar-refractivity contribution is 0.950. The summed E-state index contributed by atoms with van der Waals surface area (Å²) >= 11 is 0. The zero-order valence-corrected chi connectivity index (χ0v) is 10.2. The second-order valence-corrected chi connectivity index (χ2v) is 4.19. The van der Waals surface area contributed by atoms with Gasteiger partial charge in [0.25, 0.3) is 0 Å². The molecular weight excluding hydrogens is 224 g/mol. The molecule has 0 bridgehead atoms. The minimum atomic E-state index is 0.638. The van der Waals surface area contributed by atoms with Crippen LogP contribution in [0.15, 0.2) is 42.7 Å². The molecule has 0 amide bonds. The standard InChI is InChI=1S/C14H14N4/c1-2-10-8-17-18-13(11-6-4-3-5-7-11)12(15)9-16-14(10)18/h3-9H,2,15H2,1H3. The molecule has 0 unspecified atom stereocenters. The maximum atomic E-state index is 6.05. The summed E-state index contributed by atoms with van der Waals surface area (Å²) in [5.74, 6) is 0. The van der Waals surface area contributed by atoms with E-state index in [9.17, 15) is 0 Å². The lowest BCUT2D eigenvalue weighted by Gasteiger charge is -2.08. The average Bonchev–Trinajstić information content (AvgIpc) is 2.82. The highest BCUT2D eigenvalue weighted by Gasteiger charge is 2.12. The van der Waals surface area contributed by atoms with Crippen LogP contribution in [0.2, 0.25) is 0 Å². The summed E-state index contributed by atoms with van der Waals surface area (Å²) < 4.78 is 1.82. The van der Waals surface area contributed by atoms with Crippen LogP contribution in [0.25, 0.3) is 16.9 Å². The fourth-order valence-corrected chi connectivity index (χ4v) is 2.13. The minimum absolute atomic E-state index is 0.638. The van der Waals surface area contributed by atoms with Gasteiger partial charge in [-0.1, -0.05) is 37.3 Å². The first-order valence-electron chi connectivity index (χ1n) is 5.97. The Labute approximate surface area is 105 Å². The van der Waals surface area contributed by atoms with Crippen LogP contribution in [0.1, 0.15) is 12.5 Å². The van der Waals surface area contributed by atoms with Crippen LogP contribution in [0, 0.1) is 0 Å². The Bertz CT molecular complexity index is 686. The van der Waals surface area contributed by atoms with Crippen molar-refractivity contribution >= 4 is 11.3 Å². The van der Waals surface area contributed by atoms with Crippen molar-refractivity contribution in [3.8, 4) is 11.3 Å². The summed E-state index contributed by atoms with van der Waals surface area (Å²) in [7, 11) is 0. The number of anilines is 1. The van der Waals surface area contributed by atoms with Crippen molar-refractivity contribution in [2.75, 3.05) is 5.73 Å². The van der Waals surface area contributed by atoms with E-state index in [0.29, 0.717) is 5.69 Å². The van der Waals surface area contributed by atoms with Crippen LogP contribution in [-0.2, 0) is 6.42 Å². The molecule has 2 heterocycles. The van der Waals surface area contributed by atoms with Crippen LogP contribution in [0.5, 0.6) is 0 Å². The van der Waals surface area contributed by atoms with Crippen LogP contribution in [0.3, 0.4) is 0 Å². The largest absolute Gasteiger partial charge is 0.396 e. The number of hydrogen-bond acceptors (Lipinski definition) is 3. The molecule has 4 heteroatoms. The fourth-order valence-electron chi connectivity index (χ4n) is 2.13. The molecule has 0 fully saturated rings. The van der Waals surface area contributed by atoms with Gasteiger partial charge in [0.05, 0.1) is 23.8 Å². The molecule has 4 nitrogen and oxygen atoms in total. The monoisotopic (exact) mass is 238 g/mol. The highest BCUT2D eigenvalue weighted by molar-refractivity contribution is 5.74. The number of rotatable bonds is 2. The van der Waals surface area contributed by atoms with Gasteiger partial charge in [0.15, 0.2) is 5.65 Å². The number of aromatic nitrogens is 3. The van der Waals surface area contributed by atoms with E-state index in [2.05, 4.69) is 17.0 Å². The van der Waals surface area contributed by atoms with E-state index in [1.165, 1.54) is 0 Å². The molecule has 0 saturated carbocycles. The third-order valence-corrected chi connectivity index (χ3v) is 3.06. The molecule has 0 radical (unpaired) electrons. The van der Waals surface area contributed by atoms with E-state index < -0.39 is 0 Å². The van der Waals surface area contributed by atoms with Gasteiger partial charge in [-0.05, 0) is 6.42 Å². The summed E-state index contributed by atoms with van der Waals surface area (Å²) in [4.78, 5) is 4.37. The van der Waals surface area contributed by atoms with Crippen molar-refractivity contribution in [2.45, 2.75) is 13.3 Å². The molecule has 0 spiro atoms. The van der Waals surface area contributed by atoms with Gasteiger partial charge in [-0.2, -0.15) is 5.10 Å². The highest BCUT2D eigenvalue weighted by Crippen LogP contribution is 2.26. The molecule has 2 aromatic heterocycles. The third kappa shape index (κ3) is 1.54. The summed E-state index contributed by atoms with van der Waals surface area (Å²) in [6, 6.07) is 10.0. The van der Waals surface area contributed by atoms with Crippen LogP contribution >= 0.6 is 0 Å². The minimum Gasteiger partial charge on any atom is -0.396 e. The number of nitrogens with zero attached hydrogens (tertiary/aromatic N) is 3. The average molecular weight is 238 g/mol. The molecule has 1 aromatic carbocycles. The molecule has 3 rings (SSSR count). The Morgan fingerprint density at radius 2 is 1.94 bits per heavy atom. The molecule has 0 saturated heterocycles. The predicted octanol–water partition coefficient (Wildman–Crippen LogP) is 2.54. The normalized spacial score (nSPS) is 10.9. The molecule has 0 aliphatic carbocycles. The molecule has 0 aliphatic rings. The molecule has 18 heavy (non-hydrogen) atoms. The molecule has 0 atom stereocenters. The van der Waals surface area contributed by atoms with E-state index in [4.69, 9.17) is 5.73 Å². The van der Waals surface area contributed by atoms with Crippen molar-refractivity contribution in [3.05, 3.63) is 48.3 Å². The fraction of sp³-hybridized carbons (Fsp3) is 0.143. The maximum absolute atomic E-state index is 6.05. The number of hydrogen-bond donors (Lipinski definition) is 1. The van der Waals surface area contributed by atoms with Crippen molar-refractivity contribution in [1.29, 1.82) is 0 Å². The van der Waals surface area contributed by atoms with Crippen molar-refractivity contribution in [1.82, 2.24) is 14.6 Å². The van der Waals surface area contributed by atoms with E-state index in [1.807, 2.05) is 41.0 Å². The SMILES string of the molecule is CCc1cnn2c(-c3ccccc3)c(N)cnc12. The summed E-state index contributed by atoms with van der Waals surface area (Å²) in [6.45, 7) is 2.09. The third-order valence-electron chi connectivity index (χ3n) is 3.06. The molecule has 90 valence electrons. The smallest absolute Gasteiger partial charge is 0.158 e. The lowest BCUT2D eigenvalue weighted by atomic mass is 10.1. The molecule has 2 N–H and O–H groups in total. The van der Waals surface area contributed by atoms with Gasteiger partial charge in [0.1, 0.15) is 0 Å². The Kier molecular flexibility index (Phi) is 2.48. The van der Waals surface area contributed by atoms with Crippen molar-refractivity contribution in [2.24, 2.45) is 0 Å². The predicted molar refractivity (Wildman–Crippen MR) is 72.2 cm³/mol. The topological polar surface area (TPSA) is 56.2 Å². The van der Waals surface area contributed by atoms with Crippen LogP contribution < -0.4 is 5.73 Å². The number of nitrogens with two attached hydrogens (primary N) is 1. The second-order valence-electron chi connectivity index (χ2n) is 4.19. The van der Waals surface area contributed by atoms with Crippen molar-refractivity contribution < 1.29 is 0 Å². The van der Waals surface area contributed by atoms with Gasteiger partial charge < -0.3 is 5.73 Å². The van der Waals surface area contributed by atoms with E-state index >= 15 is 0 Å². The van der Waals surface area contributed by atoms with Gasteiger partial charge in [-0.15, -0.1) is 0 Å². The summed E-state index contributed by atoms with van der Waals surface area (Å²) in [5.41, 5.74) is 10.6. The highest BCUT2D eigenvalue weighted by atomic mass is 15.3. The summed E-state index contributed by atoms with van der Waals surface area (Å²) in [5, 5.41) is 4.40. The lowest BCUT2D eigenvalue weighted by Crippen LogP contribution is -2.01. The van der Waals surface area contributed by atoms with E-state index in [1.54, 1.807) is 6.20 Å². The molecule has 0 aliphatic heterocycles. The van der Waals surface area contributed by atoms with Gasteiger partial charge in [-0.3, -0.25) is 0 Å². The van der Waals surface area contributed by atoms with Crippen molar-refractivity contribution in [3.63, 3.8) is 0 Å². The van der Waals surface area contributed by atoms with Crippen LogP contribution in [-0.4, -0.2) is 14.6 Å². The Morgan fingerprint density at radius 3 is 2.67 bits per heavy atom. The first-order chi connectivity index (χ1) is 8.81. The molecular formula is C14H14N4. The molecule has 3 aromatic rings. The van der Waals surface area contributed by atoms with Crippen LogP contribution in [0.4, 0.5) is 5.69 Å². The maximum Gasteiger partial charge on any atom is 0.158 e. The number of fused-ring (bicyclic) bond motifs is 1. The first-order valence-corrected chi connectivity index (χ1v) is 5.97. The van der Waals surface area contributed by atoms with Gasteiger partial charge in [0.2, 0.25) is 0 Å². The number of benzene rings is 1. The van der Waals surface area contributed by atoms with E-state index in [-0.39, 0.29) is 0 Å². The van der Waals surface area contributed by atoms with Gasteiger partial charge >= 0.3 is 0 Å². The number of aryl methyl sites for hydroxylation is 1. The Hall–Kier alpha value is -2.36. The summed E-state index contributed by atoms with van der Waals surface area (Å²) in [6.07, 6.45) is 4.47. The zero-order chi connectivity index (χ0) is 12.5. The zero-order valence-electron chi connectivity index (χ0n) is 10.2. The first kappa shape index (κ1) is 10.8. The van der Waals surface area contributed by atoms with Gasteiger partial charge in [-0.25, -0.2) is 9.50 Å². The number of nitrogen functional groups attached to an aromatic ring is 1.